The second kappa shape index (κ2) is 4.65. The number of nitrogens with zero attached hydrogens (tertiary/aromatic N) is 2. The average Bonchev–Trinajstić information content (AvgIpc) is 2.91. The first-order valence-electron chi connectivity index (χ1n) is 5.96. The SMILES string of the molecule is COc1ccc(-c2[nH]nc3c([N+](=O)[O-])cccc23)cc1. The standard InChI is InChI=1S/C14H11N3O3/c1-20-10-7-5-9(6-8-10)13-11-3-2-4-12(17(18)19)14(11)16-15-13/h2-8H,1H3,(H,15,16). The van der Waals surface area contributed by atoms with Crippen molar-refractivity contribution in [2.24, 2.45) is 0 Å². The van der Waals surface area contributed by atoms with Crippen molar-refractivity contribution in [2.75, 3.05) is 7.11 Å². The lowest BCUT2D eigenvalue weighted by atomic mass is 10.1. The van der Waals surface area contributed by atoms with Crippen molar-refractivity contribution in [3.63, 3.8) is 0 Å². The van der Waals surface area contributed by atoms with E-state index in [2.05, 4.69) is 10.2 Å². The molecule has 6 heteroatoms. The quantitative estimate of drug-likeness (QED) is 0.585. The predicted octanol–water partition coefficient (Wildman–Crippen LogP) is 3.15. The highest BCUT2D eigenvalue weighted by Gasteiger charge is 2.17. The molecule has 20 heavy (non-hydrogen) atoms. The molecule has 0 saturated heterocycles. The maximum atomic E-state index is 11.0. The van der Waals surface area contributed by atoms with Gasteiger partial charge < -0.3 is 4.74 Å². The van der Waals surface area contributed by atoms with Gasteiger partial charge in [0, 0.05) is 17.0 Å². The number of aromatic amines is 1. The van der Waals surface area contributed by atoms with Crippen LogP contribution in [0.15, 0.2) is 42.5 Å². The molecular weight excluding hydrogens is 258 g/mol. The summed E-state index contributed by atoms with van der Waals surface area (Å²) in [5.41, 5.74) is 2.02. The van der Waals surface area contributed by atoms with Gasteiger partial charge in [0.25, 0.3) is 5.69 Å². The fraction of sp³-hybridized carbons (Fsp3) is 0.0714. The second-order valence-corrected chi connectivity index (χ2v) is 4.26. The number of non-ortho nitro benzene ring substituents is 1. The fourth-order valence-corrected chi connectivity index (χ4v) is 2.15. The number of rotatable bonds is 3. The summed E-state index contributed by atoms with van der Waals surface area (Å²) >= 11 is 0. The molecule has 0 atom stereocenters. The first-order valence-corrected chi connectivity index (χ1v) is 5.96. The minimum atomic E-state index is -0.430. The van der Waals surface area contributed by atoms with Crippen molar-refractivity contribution < 1.29 is 9.66 Å². The molecule has 0 aliphatic rings. The number of H-pyrrole nitrogens is 1. The van der Waals surface area contributed by atoms with Crippen LogP contribution in [0, 0.1) is 10.1 Å². The number of para-hydroxylation sites is 1. The van der Waals surface area contributed by atoms with E-state index in [1.54, 1.807) is 13.2 Å². The molecule has 3 rings (SSSR count). The number of nitro benzene ring substituents is 1. The monoisotopic (exact) mass is 269 g/mol. The number of benzene rings is 2. The second-order valence-electron chi connectivity index (χ2n) is 4.26. The highest BCUT2D eigenvalue weighted by atomic mass is 16.6. The predicted molar refractivity (Wildman–Crippen MR) is 74.7 cm³/mol. The van der Waals surface area contributed by atoms with Crippen molar-refractivity contribution in [2.45, 2.75) is 0 Å². The van der Waals surface area contributed by atoms with Gasteiger partial charge in [-0.1, -0.05) is 12.1 Å². The Balaban J connectivity index is 2.17. The van der Waals surface area contributed by atoms with Gasteiger partial charge in [-0.2, -0.15) is 5.10 Å². The Bertz CT molecular complexity index is 778. The van der Waals surface area contributed by atoms with Gasteiger partial charge in [0.2, 0.25) is 0 Å². The molecule has 100 valence electrons. The van der Waals surface area contributed by atoms with Gasteiger partial charge in [-0.25, -0.2) is 0 Å². The molecule has 0 aliphatic heterocycles. The summed E-state index contributed by atoms with van der Waals surface area (Å²) in [7, 11) is 1.60. The summed E-state index contributed by atoms with van der Waals surface area (Å²) in [6.07, 6.45) is 0. The summed E-state index contributed by atoms with van der Waals surface area (Å²) in [4.78, 5) is 10.5. The number of nitro groups is 1. The molecule has 1 aromatic heterocycles. The molecule has 1 heterocycles. The third-order valence-corrected chi connectivity index (χ3v) is 3.14. The smallest absolute Gasteiger partial charge is 0.297 e. The van der Waals surface area contributed by atoms with E-state index < -0.39 is 4.92 Å². The molecule has 2 aromatic carbocycles. The Kier molecular flexibility index (Phi) is 2.83. The largest absolute Gasteiger partial charge is 0.497 e. The lowest BCUT2D eigenvalue weighted by Crippen LogP contribution is -1.88. The van der Waals surface area contributed by atoms with Gasteiger partial charge in [0.1, 0.15) is 5.75 Å². The number of nitrogens with one attached hydrogen (secondary N) is 1. The first-order chi connectivity index (χ1) is 9.70. The Labute approximate surface area is 114 Å². The maximum Gasteiger partial charge on any atom is 0.297 e. The third-order valence-electron chi connectivity index (χ3n) is 3.14. The molecule has 0 fully saturated rings. The zero-order valence-electron chi connectivity index (χ0n) is 10.7. The maximum absolute atomic E-state index is 11.0. The fourth-order valence-electron chi connectivity index (χ4n) is 2.15. The van der Waals surface area contributed by atoms with Crippen LogP contribution in [0.25, 0.3) is 22.2 Å². The summed E-state index contributed by atoms with van der Waals surface area (Å²) in [6, 6.07) is 12.3. The molecule has 6 nitrogen and oxygen atoms in total. The molecule has 0 amide bonds. The van der Waals surface area contributed by atoms with Crippen LogP contribution in [0.1, 0.15) is 0 Å². The lowest BCUT2D eigenvalue weighted by molar-refractivity contribution is -0.383. The molecule has 0 radical (unpaired) electrons. The molecule has 0 bridgehead atoms. The van der Waals surface area contributed by atoms with Crippen LogP contribution in [-0.2, 0) is 0 Å². The van der Waals surface area contributed by atoms with Crippen LogP contribution in [0.5, 0.6) is 5.75 Å². The molecule has 3 aromatic rings. The van der Waals surface area contributed by atoms with Crippen LogP contribution >= 0.6 is 0 Å². The number of hydrogen-bond acceptors (Lipinski definition) is 4. The minimum absolute atomic E-state index is 0.00138. The summed E-state index contributed by atoms with van der Waals surface area (Å²) < 4.78 is 5.11. The summed E-state index contributed by atoms with van der Waals surface area (Å²) in [5, 5.41) is 18.6. The topological polar surface area (TPSA) is 81.0 Å². The molecule has 0 aliphatic carbocycles. The van der Waals surface area contributed by atoms with Crippen LogP contribution in [0.2, 0.25) is 0 Å². The van der Waals surface area contributed by atoms with E-state index in [1.807, 2.05) is 30.3 Å². The van der Waals surface area contributed by atoms with E-state index in [4.69, 9.17) is 4.74 Å². The summed E-state index contributed by atoms with van der Waals surface area (Å²) in [6.45, 7) is 0. The zero-order chi connectivity index (χ0) is 14.1. The van der Waals surface area contributed by atoms with E-state index in [9.17, 15) is 10.1 Å². The number of hydrogen-bond donors (Lipinski definition) is 1. The van der Waals surface area contributed by atoms with Crippen molar-refractivity contribution >= 4 is 16.6 Å². The van der Waals surface area contributed by atoms with Crippen molar-refractivity contribution in [1.82, 2.24) is 10.2 Å². The van der Waals surface area contributed by atoms with Gasteiger partial charge in [-0.3, -0.25) is 15.2 Å². The van der Waals surface area contributed by atoms with Gasteiger partial charge in [0.05, 0.1) is 17.7 Å². The molecular formula is C14H11N3O3. The highest BCUT2D eigenvalue weighted by Crippen LogP contribution is 2.31. The van der Waals surface area contributed by atoms with Crippen LogP contribution in [0.3, 0.4) is 0 Å². The Morgan fingerprint density at radius 1 is 1.20 bits per heavy atom. The van der Waals surface area contributed by atoms with E-state index >= 15 is 0 Å². The Hall–Kier alpha value is -2.89. The first kappa shape index (κ1) is 12.2. The molecule has 1 N–H and O–H groups in total. The van der Waals surface area contributed by atoms with Crippen molar-refractivity contribution in [3.05, 3.63) is 52.6 Å². The van der Waals surface area contributed by atoms with E-state index in [0.717, 1.165) is 22.4 Å². The van der Waals surface area contributed by atoms with Gasteiger partial charge in [0.15, 0.2) is 5.52 Å². The number of ether oxygens (including phenoxy) is 1. The third kappa shape index (κ3) is 1.87. The molecule has 0 saturated carbocycles. The van der Waals surface area contributed by atoms with Crippen LogP contribution in [-0.4, -0.2) is 22.2 Å². The molecule has 0 spiro atoms. The van der Waals surface area contributed by atoms with Crippen LogP contribution in [0.4, 0.5) is 5.69 Å². The van der Waals surface area contributed by atoms with Gasteiger partial charge in [-0.05, 0) is 24.3 Å². The van der Waals surface area contributed by atoms with Crippen molar-refractivity contribution in [3.8, 4) is 17.0 Å². The summed E-state index contributed by atoms with van der Waals surface area (Å²) in [5.74, 6) is 0.753. The average molecular weight is 269 g/mol. The number of fused-ring (bicyclic) bond motifs is 1. The van der Waals surface area contributed by atoms with Gasteiger partial charge in [-0.15, -0.1) is 0 Å². The lowest BCUT2D eigenvalue weighted by Gasteiger charge is -2.02. The van der Waals surface area contributed by atoms with E-state index in [0.29, 0.717) is 5.52 Å². The Morgan fingerprint density at radius 3 is 2.60 bits per heavy atom. The van der Waals surface area contributed by atoms with Crippen LogP contribution < -0.4 is 4.74 Å². The minimum Gasteiger partial charge on any atom is -0.497 e. The normalized spacial score (nSPS) is 10.7. The number of methoxy groups -OCH3 is 1. The van der Waals surface area contributed by atoms with Gasteiger partial charge >= 0.3 is 0 Å². The highest BCUT2D eigenvalue weighted by molar-refractivity contribution is 5.97. The van der Waals surface area contributed by atoms with E-state index in [1.165, 1.54) is 6.07 Å². The number of aromatic nitrogens is 2. The Morgan fingerprint density at radius 2 is 1.95 bits per heavy atom. The molecule has 0 unspecified atom stereocenters. The van der Waals surface area contributed by atoms with E-state index in [-0.39, 0.29) is 5.69 Å². The van der Waals surface area contributed by atoms with Crippen molar-refractivity contribution in [1.29, 1.82) is 0 Å². The zero-order valence-corrected chi connectivity index (χ0v) is 10.7.